The molecule has 1 aromatic carbocycles. The number of fused-ring (bicyclic) bond motifs is 1. The van der Waals surface area contributed by atoms with E-state index in [1.807, 2.05) is 0 Å². The van der Waals surface area contributed by atoms with E-state index in [0.29, 0.717) is 38.5 Å². The Morgan fingerprint density at radius 1 is 0.870 bits per heavy atom. The molecule has 1 N–H and O–H groups in total. The van der Waals surface area contributed by atoms with Crippen LogP contribution in [0.25, 0.3) is 6.08 Å². The van der Waals surface area contributed by atoms with Crippen LogP contribution in [0.3, 0.4) is 0 Å². The van der Waals surface area contributed by atoms with Gasteiger partial charge in [-0.15, -0.1) is 0 Å². The lowest BCUT2D eigenvalue weighted by molar-refractivity contribution is -0.288. The molecule has 2 heterocycles. The molecule has 2 aliphatic rings. The smallest absolute Gasteiger partial charge is 0.342 e. The van der Waals surface area contributed by atoms with E-state index in [-0.39, 0.29) is 22.7 Å². The maximum atomic E-state index is 13.1. The van der Waals surface area contributed by atoms with E-state index in [2.05, 4.69) is 0 Å². The standard InChI is InChI=1S/C32H40O14/c1-17-10-9-13-23(37)12-8-6-7-11-22-14-24(15-25(38)27(22)31(39)41-17)45-32-30(44-21(5)36)29(43-20(4)35)28(42-19(3)34)26(46-32)16-40-18(2)33/h7,11,14-15,17,26,28-30,32,38H,6,8-10,12-13,16H2,1-5H3/b11-7+/t17-,26+,28+,29-,30+,32+/m0/s1. The fraction of sp³-hybridized carbons (Fsp3) is 0.562. The normalized spacial score (nSPS) is 26.3. The number of ether oxygens (including phenoxy) is 7. The molecule has 1 fully saturated rings. The zero-order valence-electron chi connectivity index (χ0n) is 26.5. The summed E-state index contributed by atoms with van der Waals surface area (Å²) in [4.78, 5) is 73.2. The van der Waals surface area contributed by atoms with Crippen LogP contribution in [-0.2, 0) is 52.4 Å². The number of aromatic hydroxyl groups is 1. The number of rotatable bonds is 7. The van der Waals surface area contributed by atoms with E-state index in [4.69, 9.17) is 33.2 Å². The quantitative estimate of drug-likeness (QED) is 0.335. The first kappa shape index (κ1) is 36.0. The number of carbonyl (C=O) groups is 6. The van der Waals surface area contributed by atoms with Crippen LogP contribution in [0.15, 0.2) is 18.2 Å². The largest absolute Gasteiger partial charge is 0.507 e. The maximum Gasteiger partial charge on any atom is 0.342 e. The van der Waals surface area contributed by atoms with E-state index in [1.54, 1.807) is 19.1 Å². The number of Topliss-reactive ketones (excluding diaryl/α,β-unsaturated/α-hetero) is 1. The molecule has 2 aliphatic heterocycles. The number of hydrogen-bond acceptors (Lipinski definition) is 14. The highest BCUT2D eigenvalue weighted by atomic mass is 16.7. The molecule has 0 bridgehead atoms. The molecule has 0 amide bonds. The molecule has 0 radical (unpaired) electrons. The molecular weight excluding hydrogens is 608 g/mol. The molecule has 0 unspecified atom stereocenters. The number of phenolic OH excluding ortho intramolecular Hbond substituents is 1. The molecule has 0 aliphatic carbocycles. The van der Waals surface area contributed by atoms with E-state index in [9.17, 15) is 33.9 Å². The first-order chi connectivity index (χ1) is 21.7. The zero-order valence-corrected chi connectivity index (χ0v) is 26.5. The maximum absolute atomic E-state index is 13.1. The van der Waals surface area contributed by atoms with Crippen molar-refractivity contribution in [2.75, 3.05) is 6.61 Å². The van der Waals surface area contributed by atoms with Crippen molar-refractivity contribution in [3.63, 3.8) is 0 Å². The summed E-state index contributed by atoms with van der Waals surface area (Å²) in [5, 5.41) is 11.0. The van der Waals surface area contributed by atoms with Crippen LogP contribution < -0.4 is 4.74 Å². The van der Waals surface area contributed by atoms with E-state index in [1.165, 1.54) is 6.07 Å². The van der Waals surface area contributed by atoms with Gasteiger partial charge in [-0.3, -0.25) is 24.0 Å². The third-order valence-corrected chi connectivity index (χ3v) is 7.02. The Kier molecular flexibility index (Phi) is 13.1. The molecule has 0 spiro atoms. The topological polar surface area (TPSA) is 187 Å². The number of cyclic esters (lactones) is 1. The van der Waals surface area contributed by atoms with Gasteiger partial charge in [0.05, 0.1) is 6.10 Å². The van der Waals surface area contributed by atoms with Crippen LogP contribution in [0.1, 0.15) is 89.1 Å². The second-order valence-corrected chi connectivity index (χ2v) is 11.0. The van der Waals surface area contributed by atoms with E-state index < -0.39 is 79.0 Å². The van der Waals surface area contributed by atoms with Crippen LogP contribution in [0.4, 0.5) is 0 Å². The minimum Gasteiger partial charge on any atom is -0.507 e. The van der Waals surface area contributed by atoms with Crippen LogP contribution in [0, 0.1) is 0 Å². The van der Waals surface area contributed by atoms with Crippen LogP contribution in [0.2, 0.25) is 0 Å². The molecular formula is C32H40O14. The Bertz CT molecular complexity index is 1330. The van der Waals surface area contributed by atoms with Crippen LogP contribution in [0.5, 0.6) is 11.5 Å². The SMILES string of the molecule is CC(=O)OC[C@H]1O[C@@H](Oc2cc(O)c3c(c2)/C=C/CCCC(=O)CCC[C@H](C)OC3=O)[C@H](OC(C)=O)[C@@H](OC(C)=O)[C@@H]1OC(C)=O. The van der Waals surface area contributed by atoms with Gasteiger partial charge >= 0.3 is 29.8 Å². The summed E-state index contributed by atoms with van der Waals surface area (Å²) in [5.74, 6) is -4.29. The van der Waals surface area contributed by atoms with Gasteiger partial charge in [0.25, 0.3) is 0 Å². The van der Waals surface area contributed by atoms with Crippen molar-refractivity contribution >= 4 is 41.7 Å². The molecule has 0 saturated carbocycles. The van der Waals surface area contributed by atoms with Gasteiger partial charge in [-0.2, -0.15) is 0 Å². The zero-order chi connectivity index (χ0) is 34.0. The molecule has 3 rings (SSSR count). The van der Waals surface area contributed by atoms with Gasteiger partial charge in [0, 0.05) is 46.6 Å². The number of benzene rings is 1. The average molecular weight is 649 g/mol. The minimum absolute atomic E-state index is 0.0565. The van der Waals surface area contributed by atoms with Gasteiger partial charge in [0.15, 0.2) is 12.2 Å². The fourth-order valence-corrected chi connectivity index (χ4v) is 5.10. The van der Waals surface area contributed by atoms with Gasteiger partial charge < -0.3 is 38.3 Å². The highest BCUT2D eigenvalue weighted by Crippen LogP contribution is 2.35. The monoisotopic (exact) mass is 648 g/mol. The molecule has 14 heteroatoms. The average Bonchev–Trinajstić information content (AvgIpc) is 2.93. The predicted molar refractivity (Wildman–Crippen MR) is 157 cm³/mol. The van der Waals surface area contributed by atoms with Crippen molar-refractivity contribution < 1.29 is 67.0 Å². The highest BCUT2D eigenvalue weighted by Gasteiger charge is 2.53. The van der Waals surface area contributed by atoms with Crippen molar-refractivity contribution in [2.45, 2.75) is 110 Å². The number of ketones is 1. The van der Waals surface area contributed by atoms with Gasteiger partial charge in [-0.25, -0.2) is 4.79 Å². The highest BCUT2D eigenvalue weighted by molar-refractivity contribution is 5.97. The second-order valence-electron chi connectivity index (χ2n) is 11.0. The third kappa shape index (κ3) is 10.6. The third-order valence-electron chi connectivity index (χ3n) is 7.02. The first-order valence-corrected chi connectivity index (χ1v) is 15.0. The lowest BCUT2D eigenvalue weighted by Crippen LogP contribution is -2.63. The summed E-state index contributed by atoms with van der Waals surface area (Å²) in [5.41, 5.74) is 0.103. The molecule has 1 aromatic rings. The summed E-state index contributed by atoms with van der Waals surface area (Å²) in [6.45, 7) is 5.68. The summed E-state index contributed by atoms with van der Waals surface area (Å²) < 4.78 is 38.9. The van der Waals surface area contributed by atoms with Crippen molar-refractivity contribution in [1.82, 2.24) is 0 Å². The number of phenols is 1. The Hall–Kier alpha value is -4.46. The Labute approximate surface area is 266 Å². The number of allylic oxidation sites excluding steroid dienone is 1. The molecule has 46 heavy (non-hydrogen) atoms. The van der Waals surface area contributed by atoms with E-state index >= 15 is 0 Å². The van der Waals surface area contributed by atoms with Crippen LogP contribution >= 0.6 is 0 Å². The van der Waals surface area contributed by atoms with E-state index in [0.717, 1.165) is 33.8 Å². The van der Waals surface area contributed by atoms with Gasteiger partial charge in [0.1, 0.15) is 35.6 Å². The Morgan fingerprint density at radius 3 is 2.15 bits per heavy atom. The van der Waals surface area contributed by atoms with Crippen molar-refractivity contribution in [3.8, 4) is 11.5 Å². The van der Waals surface area contributed by atoms with Gasteiger partial charge in [0.2, 0.25) is 12.4 Å². The van der Waals surface area contributed by atoms with Crippen molar-refractivity contribution in [3.05, 3.63) is 29.3 Å². The number of esters is 5. The Balaban J connectivity index is 2.04. The summed E-state index contributed by atoms with van der Waals surface area (Å²) in [6.07, 6.45) is -1.42. The Morgan fingerprint density at radius 2 is 1.50 bits per heavy atom. The lowest BCUT2D eigenvalue weighted by Gasteiger charge is -2.43. The summed E-state index contributed by atoms with van der Waals surface area (Å²) in [6, 6.07) is 2.55. The number of hydrogen-bond donors (Lipinski definition) is 1. The molecule has 252 valence electrons. The predicted octanol–water partition coefficient (Wildman–Crippen LogP) is 3.34. The molecule has 6 atom stereocenters. The van der Waals surface area contributed by atoms with Gasteiger partial charge in [-0.05, 0) is 44.2 Å². The van der Waals surface area contributed by atoms with Gasteiger partial charge in [-0.1, -0.05) is 12.2 Å². The minimum atomic E-state index is -1.56. The number of carbonyl (C=O) groups excluding carboxylic acids is 6. The summed E-state index contributed by atoms with van der Waals surface area (Å²) in [7, 11) is 0. The second kappa shape index (κ2) is 16.7. The first-order valence-electron chi connectivity index (χ1n) is 15.0. The van der Waals surface area contributed by atoms with Crippen molar-refractivity contribution in [1.29, 1.82) is 0 Å². The van der Waals surface area contributed by atoms with Crippen molar-refractivity contribution in [2.24, 2.45) is 0 Å². The van der Waals surface area contributed by atoms with Crippen LogP contribution in [-0.4, -0.2) is 84.2 Å². The molecule has 14 nitrogen and oxygen atoms in total. The lowest BCUT2D eigenvalue weighted by atomic mass is 9.98. The molecule has 0 aromatic heterocycles. The molecule has 1 saturated heterocycles. The summed E-state index contributed by atoms with van der Waals surface area (Å²) >= 11 is 0. The fourth-order valence-electron chi connectivity index (χ4n) is 5.10.